The van der Waals surface area contributed by atoms with Gasteiger partial charge in [-0.15, -0.1) is 0 Å². The average Bonchev–Trinajstić information content (AvgIpc) is 2.69. The van der Waals surface area contributed by atoms with E-state index >= 15 is 0 Å². The van der Waals surface area contributed by atoms with Gasteiger partial charge in [-0.3, -0.25) is 4.79 Å². The van der Waals surface area contributed by atoms with Crippen LogP contribution in [-0.4, -0.2) is 38.8 Å². The lowest BCUT2D eigenvalue weighted by molar-refractivity contribution is -0.123. The molecule has 5 nitrogen and oxygen atoms in total. The Bertz CT molecular complexity index is 974. The number of piperidine rings is 1. The Balaban J connectivity index is 1.77. The van der Waals surface area contributed by atoms with E-state index in [0.29, 0.717) is 24.4 Å². The summed E-state index contributed by atoms with van der Waals surface area (Å²) >= 11 is 5.87. The first kappa shape index (κ1) is 20.8. The van der Waals surface area contributed by atoms with Crippen LogP contribution in [0.15, 0.2) is 47.4 Å². The molecule has 0 radical (unpaired) electrons. The molecule has 28 heavy (non-hydrogen) atoms. The molecule has 1 aliphatic rings. The van der Waals surface area contributed by atoms with Gasteiger partial charge in [0, 0.05) is 30.8 Å². The van der Waals surface area contributed by atoms with E-state index in [1.165, 1.54) is 22.0 Å². The van der Waals surface area contributed by atoms with Crippen molar-refractivity contribution < 1.29 is 13.2 Å². The standard InChI is InChI=1S/C21H25ClN2O3S/c1-15-6-9-19(13-16(15)2)23(3)21(25)17-5-4-12-24(14-17)28(26,27)20-10-7-18(22)8-11-20/h6-11,13,17H,4-5,12,14H2,1-3H3/t17-/m1/s1. The van der Waals surface area contributed by atoms with Crippen LogP contribution in [0.1, 0.15) is 24.0 Å². The van der Waals surface area contributed by atoms with Crippen LogP contribution < -0.4 is 4.90 Å². The van der Waals surface area contributed by atoms with E-state index in [4.69, 9.17) is 11.6 Å². The molecule has 150 valence electrons. The highest BCUT2D eigenvalue weighted by atomic mass is 35.5. The van der Waals surface area contributed by atoms with Crippen LogP contribution in [0.25, 0.3) is 0 Å². The van der Waals surface area contributed by atoms with Gasteiger partial charge in [0.15, 0.2) is 0 Å². The van der Waals surface area contributed by atoms with Gasteiger partial charge in [-0.05, 0) is 74.2 Å². The molecule has 1 atom stereocenters. The number of anilines is 1. The van der Waals surface area contributed by atoms with Crippen molar-refractivity contribution in [1.82, 2.24) is 4.31 Å². The molecule has 0 unspecified atom stereocenters. The lowest BCUT2D eigenvalue weighted by atomic mass is 9.98. The number of nitrogens with zero attached hydrogens (tertiary/aromatic N) is 2. The number of hydrogen-bond donors (Lipinski definition) is 0. The molecule has 1 aliphatic heterocycles. The third-order valence-electron chi connectivity index (χ3n) is 5.39. The molecule has 1 amide bonds. The van der Waals surface area contributed by atoms with Crippen molar-refractivity contribution in [1.29, 1.82) is 0 Å². The Kier molecular flexibility index (Phi) is 6.12. The molecule has 1 saturated heterocycles. The highest BCUT2D eigenvalue weighted by Gasteiger charge is 2.34. The summed E-state index contributed by atoms with van der Waals surface area (Å²) in [5.74, 6) is -0.415. The SMILES string of the molecule is Cc1ccc(N(C)C(=O)[C@@H]2CCCN(S(=O)(=O)c3ccc(Cl)cc3)C2)cc1C. The van der Waals surface area contributed by atoms with Crippen molar-refractivity contribution in [2.75, 3.05) is 25.0 Å². The van der Waals surface area contributed by atoms with Crippen molar-refractivity contribution in [2.24, 2.45) is 5.92 Å². The molecule has 0 spiro atoms. The van der Waals surface area contributed by atoms with Crippen LogP contribution in [0.5, 0.6) is 0 Å². The Morgan fingerprint density at radius 2 is 1.79 bits per heavy atom. The smallest absolute Gasteiger partial charge is 0.243 e. The fraction of sp³-hybridized carbons (Fsp3) is 0.381. The summed E-state index contributed by atoms with van der Waals surface area (Å²) in [5, 5.41) is 0.487. The van der Waals surface area contributed by atoms with Gasteiger partial charge in [0.05, 0.1) is 10.8 Å². The minimum Gasteiger partial charge on any atom is -0.315 e. The van der Waals surface area contributed by atoms with E-state index in [-0.39, 0.29) is 23.3 Å². The maximum atomic E-state index is 13.0. The molecule has 2 aromatic carbocycles. The van der Waals surface area contributed by atoms with Crippen molar-refractivity contribution in [3.8, 4) is 0 Å². The van der Waals surface area contributed by atoms with Gasteiger partial charge >= 0.3 is 0 Å². The summed E-state index contributed by atoms with van der Waals surface area (Å²) in [6.45, 7) is 4.65. The molecule has 3 rings (SSSR count). The van der Waals surface area contributed by atoms with E-state index in [1.54, 1.807) is 24.1 Å². The average molecular weight is 421 g/mol. The zero-order valence-corrected chi connectivity index (χ0v) is 17.9. The number of hydrogen-bond acceptors (Lipinski definition) is 3. The summed E-state index contributed by atoms with van der Waals surface area (Å²) in [4.78, 5) is 14.9. The lowest BCUT2D eigenvalue weighted by Gasteiger charge is -2.33. The fourth-order valence-corrected chi connectivity index (χ4v) is 5.10. The van der Waals surface area contributed by atoms with Crippen molar-refractivity contribution in [2.45, 2.75) is 31.6 Å². The van der Waals surface area contributed by atoms with Gasteiger partial charge in [-0.25, -0.2) is 8.42 Å². The molecule has 0 aromatic heterocycles. The first-order chi connectivity index (χ1) is 13.2. The van der Waals surface area contributed by atoms with Crippen LogP contribution in [0, 0.1) is 19.8 Å². The quantitative estimate of drug-likeness (QED) is 0.750. The number of benzene rings is 2. The summed E-state index contributed by atoms with van der Waals surface area (Å²) < 4.78 is 27.3. The molecule has 0 saturated carbocycles. The topological polar surface area (TPSA) is 57.7 Å². The summed E-state index contributed by atoms with van der Waals surface area (Å²) in [6.07, 6.45) is 1.34. The normalized spacial score (nSPS) is 18.1. The molecule has 1 fully saturated rings. The number of halogens is 1. The summed E-state index contributed by atoms with van der Waals surface area (Å²) in [5.41, 5.74) is 3.11. The zero-order valence-electron chi connectivity index (χ0n) is 16.4. The Hall–Kier alpha value is -1.89. The molecular weight excluding hydrogens is 396 g/mol. The number of carbonyl (C=O) groups is 1. The van der Waals surface area contributed by atoms with E-state index in [2.05, 4.69) is 0 Å². The van der Waals surface area contributed by atoms with Crippen LogP contribution in [-0.2, 0) is 14.8 Å². The zero-order chi connectivity index (χ0) is 20.5. The first-order valence-corrected chi connectivity index (χ1v) is 11.1. The molecule has 1 heterocycles. The molecule has 7 heteroatoms. The largest absolute Gasteiger partial charge is 0.315 e. The maximum Gasteiger partial charge on any atom is 0.243 e. The predicted octanol–water partition coefficient (Wildman–Crippen LogP) is 4.02. The number of amides is 1. The molecular formula is C21H25ClN2O3S. The second-order valence-electron chi connectivity index (χ2n) is 7.32. The minimum absolute atomic E-state index is 0.0562. The van der Waals surface area contributed by atoms with Crippen LogP contribution in [0.2, 0.25) is 5.02 Å². The van der Waals surface area contributed by atoms with Crippen LogP contribution >= 0.6 is 11.6 Å². The third-order valence-corrected chi connectivity index (χ3v) is 7.52. The Morgan fingerprint density at radius 3 is 2.43 bits per heavy atom. The summed E-state index contributed by atoms with van der Waals surface area (Å²) in [7, 11) is -1.89. The Morgan fingerprint density at radius 1 is 1.11 bits per heavy atom. The number of sulfonamides is 1. The highest BCUT2D eigenvalue weighted by molar-refractivity contribution is 7.89. The van der Waals surface area contributed by atoms with E-state index < -0.39 is 10.0 Å². The van der Waals surface area contributed by atoms with E-state index in [1.807, 2.05) is 32.0 Å². The van der Waals surface area contributed by atoms with Crippen molar-refractivity contribution in [3.63, 3.8) is 0 Å². The summed E-state index contributed by atoms with van der Waals surface area (Å²) in [6, 6.07) is 12.0. The van der Waals surface area contributed by atoms with Gasteiger partial charge in [0.2, 0.25) is 15.9 Å². The van der Waals surface area contributed by atoms with Crippen molar-refractivity contribution >= 4 is 33.2 Å². The van der Waals surface area contributed by atoms with Crippen LogP contribution in [0.3, 0.4) is 0 Å². The highest BCUT2D eigenvalue weighted by Crippen LogP contribution is 2.27. The predicted molar refractivity (Wildman–Crippen MR) is 112 cm³/mol. The molecule has 0 aliphatic carbocycles. The second-order valence-corrected chi connectivity index (χ2v) is 9.70. The number of carbonyl (C=O) groups excluding carboxylic acids is 1. The van der Waals surface area contributed by atoms with Gasteiger partial charge in [0.1, 0.15) is 0 Å². The van der Waals surface area contributed by atoms with Gasteiger partial charge < -0.3 is 4.90 Å². The van der Waals surface area contributed by atoms with Gasteiger partial charge in [-0.2, -0.15) is 4.31 Å². The number of aryl methyl sites for hydroxylation is 2. The lowest BCUT2D eigenvalue weighted by Crippen LogP contribution is -2.45. The molecule has 0 bridgehead atoms. The number of rotatable bonds is 4. The maximum absolute atomic E-state index is 13.0. The Labute approximate surface area is 172 Å². The van der Waals surface area contributed by atoms with Crippen molar-refractivity contribution in [3.05, 3.63) is 58.6 Å². The van der Waals surface area contributed by atoms with Gasteiger partial charge in [0.25, 0.3) is 0 Å². The molecule has 2 aromatic rings. The fourth-order valence-electron chi connectivity index (χ4n) is 3.45. The first-order valence-electron chi connectivity index (χ1n) is 9.30. The van der Waals surface area contributed by atoms with E-state index in [9.17, 15) is 13.2 Å². The minimum atomic E-state index is -3.64. The third kappa shape index (κ3) is 4.24. The van der Waals surface area contributed by atoms with Crippen LogP contribution in [0.4, 0.5) is 5.69 Å². The molecule has 0 N–H and O–H groups in total. The second kappa shape index (κ2) is 8.23. The van der Waals surface area contributed by atoms with Gasteiger partial charge in [-0.1, -0.05) is 17.7 Å². The monoisotopic (exact) mass is 420 g/mol. The van der Waals surface area contributed by atoms with E-state index in [0.717, 1.165) is 11.3 Å².